The van der Waals surface area contributed by atoms with E-state index in [1.165, 1.54) is 29.8 Å². The number of aromatic nitrogens is 1. The molecule has 4 heteroatoms. The first-order valence-electron chi connectivity index (χ1n) is 7.74. The molecule has 1 aromatic carbocycles. The molecule has 1 aliphatic rings. The van der Waals surface area contributed by atoms with Gasteiger partial charge in [-0.25, -0.2) is 0 Å². The maximum Gasteiger partial charge on any atom is 0.147 e. The quantitative estimate of drug-likeness (QED) is 0.909. The Morgan fingerprint density at radius 3 is 2.57 bits per heavy atom. The Labute approximate surface area is 131 Å². The number of benzene rings is 1. The summed E-state index contributed by atoms with van der Waals surface area (Å²) in [7, 11) is 0. The Kier molecular flexibility index (Phi) is 3.89. The second-order valence-electron chi connectivity index (χ2n) is 5.99. The third-order valence-corrected chi connectivity index (χ3v) is 5.91. The lowest BCUT2D eigenvalue weighted by Gasteiger charge is -2.26. The van der Waals surface area contributed by atoms with Gasteiger partial charge in [0.25, 0.3) is 0 Å². The second-order valence-corrected chi connectivity index (χ2v) is 6.74. The van der Waals surface area contributed by atoms with Crippen LogP contribution in [-0.4, -0.2) is 17.5 Å². The van der Waals surface area contributed by atoms with Crippen LogP contribution in [0.3, 0.4) is 0 Å². The molecule has 3 rings (SSSR count). The van der Waals surface area contributed by atoms with Crippen molar-refractivity contribution in [2.75, 3.05) is 23.7 Å². The number of hydrogen-bond donors (Lipinski definition) is 1. The van der Waals surface area contributed by atoms with Crippen LogP contribution in [-0.2, 0) is 0 Å². The van der Waals surface area contributed by atoms with Gasteiger partial charge in [-0.3, -0.25) is 0 Å². The Hall–Kier alpha value is -1.55. The first-order chi connectivity index (χ1) is 10.2. The molecule has 3 nitrogen and oxygen atoms in total. The average Bonchev–Trinajstić information content (AvgIpc) is 3.12. The molecule has 0 spiro atoms. The molecule has 1 aliphatic heterocycles. The molecule has 2 N–H and O–H groups in total. The Balaban J connectivity index is 1.95. The van der Waals surface area contributed by atoms with Crippen molar-refractivity contribution in [3.05, 3.63) is 30.3 Å². The van der Waals surface area contributed by atoms with Crippen molar-refractivity contribution in [3.63, 3.8) is 0 Å². The van der Waals surface area contributed by atoms with Crippen LogP contribution in [0.2, 0.25) is 0 Å². The van der Waals surface area contributed by atoms with Crippen LogP contribution >= 0.6 is 11.5 Å². The summed E-state index contributed by atoms with van der Waals surface area (Å²) >= 11 is 1.54. The predicted molar refractivity (Wildman–Crippen MR) is 91.8 cm³/mol. The van der Waals surface area contributed by atoms with E-state index < -0.39 is 0 Å². The van der Waals surface area contributed by atoms with Crippen molar-refractivity contribution in [2.45, 2.75) is 33.1 Å². The van der Waals surface area contributed by atoms with Crippen molar-refractivity contribution < 1.29 is 0 Å². The smallest absolute Gasteiger partial charge is 0.147 e. The van der Waals surface area contributed by atoms with Gasteiger partial charge in [0.15, 0.2) is 0 Å². The minimum Gasteiger partial charge on any atom is -0.382 e. The summed E-state index contributed by atoms with van der Waals surface area (Å²) in [6, 6.07) is 10.4. The van der Waals surface area contributed by atoms with Crippen molar-refractivity contribution >= 4 is 22.4 Å². The second kappa shape index (κ2) is 5.68. The molecule has 1 fully saturated rings. The van der Waals surface area contributed by atoms with Crippen LogP contribution in [0.1, 0.15) is 33.1 Å². The third kappa shape index (κ3) is 2.53. The molecule has 0 atom stereocenters. The topological polar surface area (TPSA) is 42.2 Å². The number of rotatable bonds is 4. The molecule has 0 bridgehead atoms. The predicted octanol–water partition coefficient (Wildman–Crippen LogP) is 4.41. The number of hydrogen-bond acceptors (Lipinski definition) is 4. The maximum absolute atomic E-state index is 6.15. The van der Waals surface area contributed by atoms with Crippen LogP contribution in [0.5, 0.6) is 0 Å². The first-order valence-corrected chi connectivity index (χ1v) is 8.52. The maximum atomic E-state index is 6.15. The zero-order chi connectivity index (χ0) is 14.9. The van der Waals surface area contributed by atoms with Gasteiger partial charge in [0.2, 0.25) is 0 Å². The zero-order valence-electron chi connectivity index (χ0n) is 12.8. The van der Waals surface area contributed by atoms with Crippen molar-refractivity contribution in [2.24, 2.45) is 5.41 Å². The summed E-state index contributed by atoms with van der Waals surface area (Å²) in [5.41, 5.74) is 8.90. The fourth-order valence-corrected chi connectivity index (χ4v) is 4.18. The summed E-state index contributed by atoms with van der Waals surface area (Å²) in [4.78, 5) is 2.49. The molecule has 21 heavy (non-hydrogen) atoms. The van der Waals surface area contributed by atoms with Crippen LogP contribution in [0, 0.1) is 5.41 Å². The largest absolute Gasteiger partial charge is 0.382 e. The Morgan fingerprint density at radius 2 is 1.95 bits per heavy atom. The molecular formula is C17H23N3S. The van der Waals surface area contributed by atoms with Gasteiger partial charge in [0.1, 0.15) is 10.8 Å². The van der Waals surface area contributed by atoms with Gasteiger partial charge in [-0.15, -0.1) is 0 Å². The van der Waals surface area contributed by atoms with E-state index in [1.807, 2.05) is 6.07 Å². The lowest BCUT2D eigenvalue weighted by atomic mass is 9.82. The summed E-state index contributed by atoms with van der Waals surface area (Å²) < 4.78 is 4.41. The van der Waals surface area contributed by atoms with Gasteiger partial charge < -0.3 is 10.6 Å². The van der Waals surface area contributed by atoms with Crippen LogP contribution in [0.25, 0.3) is 11.1 Å². The van der Waals surface area contributed by atoms with Gasteiger partial charge in [-0.05, 0) is 41.8 Å². The summed E-state index contributed by atoms with van der Waals surface area (Å²) in [5, 5.41) is 1.24. The number of nitrogen functional groups attached to an aromatic ring is 1. The van der Waals surface area contributed by atoms with E-state index in [1.54, 1.807) is 11.5 Å². The summed E-state index contributed by atoms with van der Waals surface area (Å²) in [6.07, 6.45) is 3.76. The Bertz CT molecular complexity index is 602. The van der Waals surface area contributed by atoms with E-state index in [0.717, 1.165) is 18.7 Å². The highest BCUT2D eigenvalue weighted by Crippen LogP contribution is 2.45. The highest BCUT2D eigenvalue weighted by Gasteiger charge is 2.36. The van der Waals surface area contributed by atoms with Gasteiger partial charge in [0.05, 0.1) is 5.56 Å². The van der Waals surface area contributed by atoms with E-state index in [0.29, 0.717) is 11.2 Å². The first kappa shape index (κ1) is 14.4. The molecule has 0 amide bonds. The van der Waals surface area contributed by atoms with Crippen LogP contribution < -0.4 is 10.6 Å². The lowest BCUT2D eigenvalue weighted by Crippen LogP contribution is -2.25. The molecule has 0 unspecified atom stereocenters. The fourth-order valence-electron chi connectivity index (χ4n) is 3.32. The third-order valence-electron chi connectivity index (χ3n) is 4.99. The van der Waals surface area contributed by atoms with Gasteiger partial charge in [-0.1, -0.05) is 44.2 Å². The number of anilines is 2. The highest BCUT2D eigenvalue weighted by atomic mass is 32.1. The van der Waals surface area contributed by atoms with Crippen molar-refractivity contribution in [1.29, 1.82) is 0 Å². The van der Waals surface area contributed by atoms with E-state index in [2.05, 4.69) is 47.4 Å². The molecule has 1 saturated heterocycles. The molecule has 0 radical (unpaired) electrons. The van der Waals surface area contributed by atoms with Crippen LogP contribution in [0.15, 0.2) is 30.3 Å². The fraction of sp³-hybridized carbons (Fsp3) is 0.471. The minimum absolute atomic E-state index is 0.465. The minimum atomic E-state index is 0.465. The van der Waals surface area contributed by atoms with E-state index in [4.69, 9.17) is 5.73 Å². The molecule has 2 aromatic rings. The van der Waals surface area contributed by atoms with Gasteiger partial charge >= 0.3 is 0 Å². The van der Waals surface area contributed by atoms with Crippen LogP contribution in [0.4, 0.5) is 10.8 Å². The molecule has 2 heterocycles. The lowest BCUT2D eigenvalue weighted by molar-refractivity contribution is 0.301. The van der Waals surface area contributed by atoms with Crippen molar-refractivity contribution in [3.8, 4) is 11.1 Å². The van der Waals surface area contributed by atoms with Gasteiger partial charge in [0, 0.05) is 13.1 Å². The zero-order valence-corrected chi connectivity index (χ0v) is 13.6. The molecule has 0 saturated carbocycles. The normalized spacial score (nSPS) is 17.3. The number of nitrogens with two attached hydrogens (primary N) is 1. The monoisotopic (exact) mass is 301 g/mol. The highest BCUT2D eigenvalue weighted by molar-refractivity contribution is 7.11. The van der Waals surface area contributed by atoms with E-state index in [9.17, 15) is 0 Å². The molecular weight excluding hydrogens is 278 g/mol. The molecule has 112 valence electrons. The molecule has 1 aromatic heterocycles. The van der Waals surface area contributed by atoms with E-state index in [-0.39, 0.29) is 0 Å². The molecule has 0 aliphatic carbocycles. The summed E-state index contributed by atoms with van der Waals surface area (Å²) in [5.74, 6) is 0.659. The Morgan fingerprint density at radius 1 is 1.24 bits per heavy atom. The SMILES string of the molecule is CCC1(CC)CCN(c2snc(N)c2-c2ccccc2)C1. The average molecular weight is 301 g/mol. The van der Waals surface area contributed by atoms with E-state index >= 15 is 0 Å². The van der Waals surface area contributed by atoms with Crippen molar-refractivity contribution in [1.82, 2.24) is 4.37 Å². The summed E-state index contributed by atoms with van der Waals surface area (Å²) in [6.45, 7) is 6.86. The number of nitrogens with zero attached hydrogens (tertiary/aromatic N) is 2. The standard InChI is InChI=1S/C17H23N3S/c1-3-17(4-2)10-11-20(12-17)16-14(15(18)19-21-16)13-8-6-5-7-9-13/h5-9H,3-4,10-12H2,1-2H3,(H2,18,19). The van der Waals surface area contributed by atoms with Gasteiger partial charge in [-0.2, -0.15) is 4.37 Å².